The van der Waals surface area contributed by atoms with Gasteiger partial charge in [-0.1, -0.05) is 6.92 Å². The summed E-state index contributed by atoms with van der Waals surface area (Å²) in [5.74, 6) is -1.53. The van der Waals surface area contributed by atoms with E-state index < -0.39 is 11.9 Å². The first-order valence-corrected chi connectivity index (χ1v) is 5.49. The van der Waals surface area contributed by atoms with E-state index in [9.17, 15) is 9.59 Å². The van der Waals surface area contributed by atoms with E-state index in [0.717, 1.165) is 0 Å². The Bertz CT molecular complexity index is 410. The lowest BCUT2D eigenvalue weighted by Crippen LogP contribution is -2.40. The Morgan fingerprint density at radius 1 is 1.56 bits per heavy atom. The van der Waals surface area contributed by atoms with Gasteiger partial charge in [-0.05, 0) is 12.1 Å². The number of carbonyl (C=O) groups is 2. The van der Waals surface area contributed by atoms with E-state index >= 15 is 0 Å². The molecule has 1 aromatic rings. The molecule has 2 amide bonds. The molecule has 0 spiro atoms. The van der Waals surface area contributed by atoms with Crippen LogP contribution in [0, 0.1) is 5.92 Å². The van der Waals surface area contributed by atoms with E-state index in [1.165, 1.54) is 4.90 Å². The van der Waals surface area contributed by atoms with Crippen LogP contribution in [0.25, 0.3) is 0 Å². The predicted molar refractivity (Wildman–Crippen MR) is 63.7 cm³/mol. The molecule has 1 atom stereocenters. The smallest absolute Gasteiger partial charge is 0.317 e. The van der Waals surface area contributed by atoms with Crippen molar-refractivity contribution in [2.75, 3.05) is 13.6 Å². The normalized spacial score (nSPS) is 11.7. The predicted octanol–water partition coefficient (Wildman–Crippen LogP) is 0.339. The SMILES string of the molecule is CC(CN(C)C(=O)NCc1cccnn1)C(=O)O. The summed E-state index contributed by atoms with van der Waals surface area (Å²) < 4.78 is 0. The van der Waals surface area contributed by atoms with Crippen LogP contribution in [0.5, 0.6) is 0 Å². The van der Waals surface area contributed by atoms with Crippen LogP contribution >= 0.6 is 0 Å². The number of aliphatic carboxylic acids is 1. The zero-order chi connectivity index (χ0) is 13.5. The highest BCUT2D eigenvalue weighted by molar-refractivity contribution is 5.75. The molecule has 2 N–H and O–H groups in total. The van der Waals surface area contributed by atoms with E-state index in [4.69, 9.17) is 5.11 Å². The van der Waals surface area contributed by atoms with Gasteiger partial charge in [-0.25, -0.2) is 4.79 Å². The van der Waals surface area contributed by atoms with Crippen molar-refractivity contribution in [1.82, 2.24) is 20.4 Å². The number of rotatable bonds is 5. The fourth-order valence-electron chi connectivity index (χ4n) is 1.30. The van der Waals surface area contributed by atoms with Crippen LogP contribution in [0.15, 0.2) is 18.3 Å². The lowest BCUT2D eigenvalue weighted by Gasteiger charge is -2.19. The van der Waals surface area contributed by atoms with Gasteiger partial charge in [0, 0.05) is 19.8 Å². The Morgan fingerprint density at radius 3 is 2.83 bits per heavy atom. The van der Waals surface area contributed by atoms with Crippen molar-refractivity contribution in [3.8, 4) is 0 Å². The number of hydrogen-bond donors (Lipinski definition) is 2. The number of carboxylic acid groups (broad SMARTS) is 1. The molecule has 0 aliphatic heterocycles. The zero-order valence-corrected chi connectivity index (χ0v) is 10.3. The quantitative estimate of drug-likeness (QED) is 0.787. The number of nitrogens with one attached hydrogen (secondary N) is 1. The van der Waals surface area contributed by atoms with Crippen molar-refractivity contribution in [2.45, 2.75) is 13.5 Å². The topological polar surface area (TPSA) is 95.4 Å². The second-order valence-electron chi connectivity index (χ2n) is 3.99. The van der Waals surface area contributed by atoms with Crippen LogP contribution in [0.1, 0.15) is 12.6 Å². The maximum atomic E-state index is 11.6. The van der Waals surface area contributed by atoms with Gasteiger partial charge < -0.3 is 15.3 Å². The number of hydrogen-bond acceptors (Lipinski definition) is 4. The second-order valence-corrected chi connectivity index (χ2v) is 3.99. The standard InChI is InChI=1S/C11H16N4O3/c1-8(10(16)17)7-15(2)11(18)12-6-9-4-3-5-13-14-9/h3-5,8H,6-7H2,1-2H3,(H,12,18)(H,16,17). The van der Waals surface area contributed by atoms with E-state index in [0.29, 0.717) is 5.69 Å². The summed E-state index contributed by atoms with van der Waals surface area (Å²) in [6.07, 6.45) is 1.55. The molecule has 1 rings (SSSR count). The molecular weight excluding hydrogens is 236 g/mol. The molecule has 0 saturated heterocycles. The summed E-state index contributed by atoms with van der Waals surface area (Å²) >= 11 is 0. The van der Waals surface area contributed by atoms with Gasteiger partial charge >= 0.3 is 12.0 Å². The van der Waals surface area contributed by atoms with Gasteiger partial charge in [0.2, 0.25) is 0 Å². The van der Waals surface area contributed by atoms with Crippen LogP contribution in [0.2, 0.25) is 0 Å². The van der Waals surface area contributed by atoms with Gasteiger partial charge in [-0.3, -0.25) is 4.79 Å². The maximum absolute atomic E-state index is 11.6. The van der Waals surface area contributed by atoms with Crippen LogP contribution in [-0.4, -0.2) is 45.8 Å². The second kappa shape index (κ2) is 6.53. The summed E-state index contributed by atoms with van der Waals surface area (Å²) in [7, 11) is 1.55. The average Bonchev–Trinajstić information content (AvgIpc) is 2.36. The molecule has 7 nitrogen and oxygen atoms in total. The van der Waals surface area contributed by atoms with Crippen molar-refractivity contribution in [2.24, 2.45) is 5.92 Å². The molecule has 0 aromatic carbocycles. The van der Waals surface area contributed by atoms with E-state index in [2.05, 4.69) is 15.5 Å². The largest absolute Gasteiger partial charge is 0.481 e. The van der Waals surface area contributed by atoms with Gasteiger partial charge in [0.15, 0.2) is 0 Å². The molecule has 1 unspecified atom stereocenters. The first kappa shape index (κ1) is 13.9. The minimum atomic E-state index is -0.927. The highest BCUT2D eigenvalue weighted by Crippen LogP contribution is 1.99. The summed E-state index contributed by atoms with van der Waals surface area (Å²) in [5.41, 5.74) is 0.644. The molecule has 0 bridgehead atoms. The Labute approximate surface area is 105 Å². The number of aromatic nitrogens is 2. The first-order valence-electron chi connectivity index (χ1n) is 5.49. The summed E-state index contributed by atoms with van der Waals surface area (Å²) in [4.78, 5) is 23.6. The van der Waals surface area contributed by atoms with Crippen LogP contribution in [-0.2, 0) is 11.3 Å². The molecule has 0 aliphatic carbocycles. The lowest BCUT2D eigenvalue weighted by molar-refractivity contribution is -0.141. The molecule has 1 aromatic heterocycles. The van der Waals surface area contributed by atoms with Crippen molar-refractivity contribution in [3.05, 3.63) is 24.0 Å². The molecule has 18 heavy (non-hydrogen) atoms. The highest BCUT2D eigenvalue weighted by Gasteiger charge is 2.16. The molecule has 98 valence electrons. The third-order valence-electron chi connectivity index (χ3n) is 2.36. The molecule has 0 fully saturated rings. The molecule has 0 radical (unpaired) electrons. The Balaban J connectivity index is 2.39. The zero-order valence-electron chi connectivity index (χ0n) is 10.3. The maximum Gasteiger partial charge on any atom is 0.317 e. The minimum absolute atomic E-state index is 0.154. The number of carbonyl (C=O) groups excluding carboxylic acids is 1. The van der Waals surface area contributed by atoms with Crippen molar-refractivity contribution < 1.29 is 14.7 Å². The summed E-state index contributed by atoms with van der Waals surface area (Å²) in [5, 5.41) is 18.9. The summed E-state index contributed by atoms with van der Waals surface area (Å²) in [6.45, 7) is 1.97. The fraction of sp³-hybridized carbons (Fsp3) is 0.455. The van der Waals surface area contributed by atoms with E-state index in [1.54, 1.807) is 32.3 Å². The van der Waals surface area contributed by atoms with Crippen LogP contribution in [0.3, 0.4) is 0 Å². The molecule has 7 heteroatoms. The molecular formula is C11H16N4O3. The van der Waals surface area contributed by atoms with Gasteiger partial charge in [-0.15, -0.1) is 0 Å². The Morgan fingerprint density at radius 2 is 2.28 bits per heavy atom. The van der Waals surface area contributed by atoms with E-state index in [1.807, 2.05) is 0 Å². The van der Waals surface area contributed by atoms with Crippen LogP contribution in [0.4, 0.5) is 4.79 Å². The fourth-order valence-corrected chi connectivity index (χ4v) is 1.30. The van der Waals surface area contributed by atoms with Crippen molar-refractivity contribution in [3.63, 3.8) is 0 Å². The third kappa shape index (κ3) is 4.36. The van der Waals surface area contributed by atoms with Gasteiger partial charge in [0.25, 0.3) is 0 Å². The molecule has 0 saturated carbocycles. The Hall–Kier alpha value is -2.18. The minimum Gasteiger partial charge on any atom is -0.481 e. The average molecular weight is 252 g/mol. The molecule has 1 heterocycles. The first-order chi connectivity index (χ1) is 8.50. The van der Waals surface area contributed by atoms with Crippen molar-refractivity contribution >= 4 is 12.0 Å². The highest BCUT2D eigenvalue weighted by atomic mass is 16.4. The van der Waals surface area contributed by atoms with Gasteiger partial charge in [0.1, 0.15) is 0 Å². The summed E-state index contributed by atoms with van der Waals surface area (Å²) in [6, 6.07) is 3.13. The lowest BCUT2D eigenvalue weighted by atomic mass is 10.2. The number of urea groups is 1. The van der Waals surface area contributed by atoms with Crippen LogP contribution < -0.4 is 5.32 Å². The van der Waals surface area contributed by atoms with Gasteiger partial charge in [-0.2, -0.15) is 10.2 Å². The number of carboxylic acids is 1. The number of nitrogens with zero attached hydrogens (tertiary/aromatic N) is 3. The molecule has 0 aliphatic rings. The number of amides is 2. The monoisotopic (exact) mass is 252 g/mol. The Kier molecular flexibility index (Phi) is 5.04. The van der Waals surface area contributed by atoms with Gasteiger partial charge in [0.05, 0.1) is 18.2 Å². The van der Waals surface area contributed by atoms with E-state index in [-0.39, 0.29) is 19.1 Å². The third-order valence-corrected chi connectivity index (χ3v) is 2.36. The van der Waals surface area contributed by atoms with Crippen molar-refractivity contribution in [1.29, 1.82) is 0 Å².